The minimum Gasteiger partial charge on any atom is -0.744 e. The summed E-state index contributed by atoms with van der Waals surface area (Å²) in [6, 6.07) is 4.74. The number of aryl methyl sites for hydroxylation is 1. The normalized spacial score (nSPS) is 29.8. The molecule has 2 unspecified atom stereocenters. The van der Waals surface area contributed by atoms with E-state index in [0.29, 0.717) is 11.1 Å². The number of benzene rings is 1. The minimum absolute atomic E-state index is 0. The Balaban J connectivity index is 0.00000208. The quantitative estimate of drug-likeness (QED) is 0.434. The van der Waals surface area contributed by atoms with Gasteiger partial charge >= 0.3 is 29.6 Å². The molecule has 2 saturated carbocycles. The predicted octanol–water partition coefficient (Wildman–Crippen LogP) is 0.312. The third kappa shape index (κ3) is 2.74. The van der Waals surface area contributed by atoms with Crippen LogP contribution in [0.2, 0.25) is 0 Å². The molecule has 0 spiro atoms. The third-order valence-corrected chi connectivity index (χ3v) is 7.15. The second kappa shape index (κ2) is 6.06. The van der Waals surface area contributed by atoms with Crippen molar-refractivity contribution >= 4 is 22.0 Å². The van der Waals surface area contributed by atoms with E-state index in [-0.39, 0.29) is 57.0 Å². The molecule has 0 saturated heterocycles. The van der Waals surface area contributed by atoms with Crippen molar-refractivity contribution in [3.05, 3.63) is 34.9 Å². The van der Waals surface area contributed by atoms with Crippen LogP contribution in [0.3, 0.4) is 0 Å². The Labute approximate surface area is 165 Å². The summed E-state index contributed by atoms with van der Waals surface area (Å²) in [5.74, 6) is 0.347. The van der Waals surface area contributed by atoms with Crippen LogP contribution in [-0.4, -0.2) is 18.8 Å². The van der Waals surface area contributed by atoms with Crippen molar-refractivity contribution in [2.45, 2.75) is 45.4 Å². The number of carbonyl (C=O) groups is 1. The molecular formula is C18H21NaO4S. The molecule has 2 atom stereocenters. The molecule has 2 aliphatic rings. The van der Waals surface area contributed by atoms with Crippen LogP contribution in [0.5, 0.6) is 0 Å². The van der Waals surface area contributed by atoms with Gasteiger partial charge in [-0.05, 0) is 59.9 Å². The Morgan fingerprint density at radius 1 is 1.25 bits per heavy atom. The summed E-state index contributed by atoms with van der Waals surface area (Å²) in [6.45, 7) is 7.88. The van der Waals surface area contributed by atoms with E-state index in [2.05, 4.69) is 13.8 Å². The van der Waals surface area contributed by atoms with Crippen LogP contribution in [-0.2, 0) is 14.9 Å². The molecular weight excluding hydrogens is 335 g/mol. The number of allylic oxidation sites excluding steroid dienone is 1. The van der Waals surface area contributed by atoms with E-state index in [0.717, 1.165) is 18.4 Å². The minimum atomic E-state index is -4.51. The van der Waals surface area contributed by atoms with E-state index in [4.69, 9.17) is 0 Å². The Morgan fingerprint density at radius 3 is 2.38 bits per heavy atom. The van der Waals surface area contributed by atoms with E-state index in [1.165, 1.54) is 6.07 Å². The monoisotopic (exact) mass is 356 g/mol. The van der Waals surface area contributed by atoms with Gasteiger partial charge in [0.25, 0.3) is 0 Å². The SMILES string of the molecule is Cc1ccc(C=C2C(=O)C3(C)CCC2C3(C)C)cc1S(=O)(=O)[O-].[Na+]. The molecule has 3 rings (SSSR count). The van der Waals surface area contributed by atoms with Crippen molar-refractivity contribution in [2.24, 2.45) is 16.7 Å². The van der Waals surface area contributed by atoms with Gasteiger partial charge in [-0.1, -0.05) is 32.9 Å². The number of Topliss-reactive ketones (excluding diaryl/α,β-unsaturated/α-hetero) is 1. The molecule has 0 aromatic heterocycles. The smallest absolute Gasteiger partial charge is 0.744 e. The van der Waals surface area contributed by atoms with Gasteiger partial charge in [0.05, 0.1) is 4.90 Å². The van der Waals surface area contributed by atoms with Crippen LogP contribution in [0.1, 0.15) is 44.7 Å². The number of fused-ring (bicyclic) bond motifs is 2. The maximum absolute atomic E-state index is 12.8. The summed E-state index contributed by atoms with van der Waals surface area (Å²) >= 11 is 0. The van der Waals surface area contributed by atoms with Crippen molar-refractivity contribution in [2.75, 3.05) is 0 Å². The van der Waals surface area contributed by atoms with E-state index < -0.39 is 10.1 Å². The molecule has 1 aromatic rings. The number of hydrogen-bond donors (Lipinski definition) is 0. The van der Waals surface area contributed by atoms with Crippen molar-refractivity contribution in [3.63, 3.8) is 0 Å². The first-order valence-electron chi connectivity index (χ1n) is 7.81. The standard InChI is InChI=1S/C18H22O4S.Na/c1-11-5-6-12(10-15(11)23(20,21)22)9-13-14-7-8-18(4,16(13)19)17(14,2)3;/h5-6,9-10,14H,7-8H2,1-4H3,(H,20,21,22);/q;+1/p-1. The zero-order valence-electron chi connectivity index (χ0n) is 14.8. The third-order valence-electron chi connectivity index (χ3n) is 6.17. The van der Waals surface area contributed by atoms with Gasteiger partial charge in [-0.25, -0.2) is 8.42 Å². The Kier molecular flexibility index (Phi) is 5.01. The Hall–Kier alpha value is -0.460. The van der Waals surface area contributed by atoms with Gasteiger partial charge in [0.1, 0.15) is 10.1 Å². The van der Waals surface area contributed by atoms with Crippen LogP contribution in [0.25, 0.3) is 6.08 Å². The summed E-state index contributed by atoms with van der Waals surface area (Å²) in [5, 5.41) is 0. The van der Waals surface area contributed by atoms with Gasteiger partial charge in [0, 0.05) is 5.41 Å². The van der Waals surface area contributed by atoms with Gasteiger partial charge < -0.3 is 4.55 Å². The molecule has 124 valence electrons. The zero-order valence-corrected chi connectivity index (χ0v) is 17.7. The number of carbonyl (C=O) groups excluding carboxylic acids is 1. The Morgan fingerprint density at radius 2 is 1.88 bits per heavy atom. The number of rotatable bonds is 2. The van der Waals surface area contributed by atoms with Crippen molar-refractivity contribution in [3.8, 4) is 0 Å². The van der Waals surface area contributed by atoms with Gasteiger partial charge in [-0.2, -0.15) is 0 Å². The van der Waals surface area contributed by atoms with Crippen molar-refractivity contribution in [1.82, 2.24) is 0 Å². The molecule has 4 nitrogen and oxygen atoms in total. The average molecular weight is 356 g/mol. The number of ketones is 1. The maximum atomic E-state index is 12.8. The zero-order chi connectivity index (χ0) is 17.2. The molecule has 0 N–H and O–H groups in total. The maximum Gasteiger partial charge on any atom is 1.00 e. The topological polar surface area (TPSA) is 74.3 Å². The first-order valence-corrected chi connectivity index (χ1v) is 9.22. The van der Waals surface area contributed by atoms with E-state index in [9.17, 15) is 17.8 Å². The van der Waals surface area contributed by atoms with Crippen LogP contribution in [0, 0.1) is 23.7 Å². The molecule has 2 fully saturated rings. The summed E-state index contributed by atoms with van der Waals surface area (Å²) < 4.78 is 34.0. The summed E-state index contributed by atoms with van der Waals surface area (Å²) in [6.07, 6.45) is 3.64. The summed E-state index contributed by atoms with van der Waals surface area (Å²) in [4.78, 5) is 12.6. The summed E-state index contributed by atoms with van der Waals surface area (Å²) in [7, 11) is -4.51. The van der Waals surface area contributed by atoms with Crippen LogP contribution in [0.4, 0.5) is 0 Å². The van der Waals surface area contributed by atoms with Crippen LogP contribution >= 0.6 is 0 Å². The first-order chi connectivity index (χ1) is 10.5. The van der Waals surface area contributed by atoms with Crippen molar-refractivity contribution < 1.29 is 47.3 Å². The molecule has 1 aromatic carbocycles. The van der Waals surface area contributed by atoms with E-state index in [1.807, 2.05) is 6.92 Å². The molecule has 0 amide bonds. The second-order valence-electron chi connectivity index (χ2n) is 7.55. The fraction of sp³-hybridized carbons (Fsp3) is 0.500. The molecule has 2 aliphatic carbocycles. The number of hydrogen-bond acceptors (Lipinski definition) is 4. The second-order valence-corrected chi connectivity index (χ2v) is 8.90. The van der Waals surface area contributed by atoms with Gasteiger partial charge in [0.15, 0.2) is 5.78 Å². The molecule has 0 heterocycles. The van der Waals surface area contributed by atoms with Gasteiger partial charge in [-0.3, -0.25) is 4.79 Å². The van der Waals surface area contributed by atoms with Crippen LogP contribution in [0.15, 0.2) is 28.7 Å². The van der Waals surface area contributed by atoms with Crippen molar-refractivity contribution in [1.29, 1.82) is 0 Å². The fourth-order valence-corrected chi connectivity index (χ4v) is 4.99. The Bertz CT molecular complexity index is 839. The molecule has 0 aliphatic heterocycles. The molecule has 0 radical (unpaired) electrons. The van der Waals surface area contributed by atoms with E-state index >= 15 is 0 Å². The van der Waals surface area contributed by atoms with E-state index in [1.54, 1.807) is 25.1 Å². The van der Waals surface area contributed by atoms with Gasteiger partial charge in [-0.15, -0.1) is 0 Å². The molecule has 24 heavy (non-hydrogen) atoms. The predicted molar refractivity (Wildman–Crippen MR) is 86.7 cm³/mol. The average Bonchev–Trinajstić information content (AvgIpc) is 2.74. The first kappa shape index (κ1) is 19.9. The fourth-order valence-electron chi connectivity index (χ4n) is 4.25. The molecule has 2 bridgehead atoms. The van der Waals surface area contributed by atoms with Gasteiger partial charge in [0.2, 0.25) is 0 Å². The van der Waals surface area contributed by atoms with Crippen LogP contribution < -0.4 is 29.6 Å². The molecule has 6 heteroatoms. The summed E-state index contributed by atoms with van der Waals surface area (Å²) in [5.41, 5.74) is 1.35. The largest absolute Gasteiger partial charge is 1.00 e.